The quantitative estimate of drug-likeness (QED) is 0.166. The molecule has 38 heavy (non-hydrogen) atoms. The number of carbonyl (C=O) groups excluding carboxylic acids is 5. The maximum Gasteiger partial charge on any atom is 0.413 e. The summed E-state index contributed by atoms with van der Waals surface area (Å²) in [5.74, 6) is -3.80. The highest BCUT2D eigenvalue weighted by molar-refractivity contribution is 6.35. The number of amides is 2. The van der Waals surface area contributed by atoms with E-state index in [2.05, 4.69) is 5.32 Å². The van der Waals surface area contributed by atoms with Crippen molar-refractivity contribution in [3.63, 3.8) is 0 Å². The summed E-state index contributed by atoms with van der Waals surface area (Å²) in [4.78, 5) is 66.3. The van der Waals surface area contributed by atoms with E-state index >= 15 is 0 Å². The number of benzene rings is 1. The molecular formula is C27H38N4O7. The Hall–Kier alpha value is -3.60. The van der Waals surface area contributed by atoms with E-state index in [0.29, 0.717) is 0 Å². The number of hydrogen-bond acceptors (Lipinski definition) is 9. The monoisotopic (exact) mass is 530 g/mol. The molecule has 0 radical (unpaired) electrons. The van der Waals surface area contributed by atoms with Gasteiger partial charge in [-0.3, -0.25) is 25.1 Å². The zero-order valence-corrected chi connectivity index (χ0v) is 23.0. The third-order valence-electron chi connectivity index (χ3n) is 5.91. The molecular weight excluding hydrogens is 492 g/mol. The van der Waals surface area contributed by atoms with Crippen molar-refractivity contribution in [3.8, 4) is 0 Å². The number of esters is 1. The van der Waals surface area contributed by atoms with Gasteiger partial charge >= 0.3 is 12.1 Å². The number of carbonyl (C=O) groups is 5. The summed E-state index contributed by atoms with van der Waals surface area (Å²) < 4.78 is 10.8. The number of amidine groups is 1. The molecule has 11 heteroatoms. The van der Waals surface area contributed by atoms with E-state index in [9.17, 15) is 24.0 Å². The first-order valence-corrected chi connectivity index (χ1v) is 12.4. The molecule has 11 nitrogen and oxygen atoms in total. The molecule has 4 N–H and O–H groups in total. The van der Waals surface area contributed by atoms with Crippen molar-refractivity contribution in [3.05, 3.63) is 35.9 Å². The molecule has 0 aromatic heterocycles. The Labute approximate surface area is 222 Å². The summed E-state index contributed by atoms with van der Waals surface area (Å²) >= 11 is 0. The number of piperidine rings is 1. The van der Waals surface area contributed by atoms with Crippen molar-refractivity contribution >= 4 is 35.4 Å². The van der Waals surface area contributed by atoms with Gasteiger partial charge in [0.25, 0.3) is 0 Å². The molecule has 1 aromatic carbocycles. The van der Waals surface area contributed by atoms with Gasteiger partial charge in [0.05, 0.1) is 6.04 Å². The van der Waals surface area contributed by atoms with E-state index in [1.165, 1.54) is 19.1 Å². The third-order valence-corrected chi connectivity index (χ3v) is 5.91. The van der Waals surface area contributed by atoms with Gasteiger partial charge in [0.1, 0.15) is 17.5 Å². The van der Waals surface area contributed by atoms with Gasteiger partial charge in [-0.05, 0) is 27.7 Å². The highest BCUT2D eigenvalue weighted by Crippen LogP contribution is 2.35. The Kier molecular flexibility index (Phi) is 9.21. The van der Waals surface area contributed by atoms with E-state index < -0.39 is 64.1 Å². The fraction of sp³-hybridized carbons (Fsp3) is 0.556. The Morgan fingerprint density at radius 3 is 2.16 bits per heavy atom. The zero-order chi connectivity index (χ0) is 29.1. The Bertz CT molecular complexity index is 1100. The zero-order valence-electron chi connectivity index (χ0n) is 23.0. The third kappa shape index (κ3) is 7.03. The summed E-state index contributed by atoms with van der Waals surface area (Å²) in [5, 5.41) is 11.2. The number of likely N-dealkylation sites (tertiary alicyclic amines) is 1. The number of ketones is 2. The normalized spacial score (nSPS) is 20.6. The maximum absolute atomic E-state index is 14.1. The van der Waals surface area contributed by atoms with Crippen molar-refractivity contribution in [1.29, 1.82) is 5.41 Å². The summed E-state index contributed by atoms with van der Waals surface area (Å²) in [7, 11) is 0. The molecule has 1 aliphatic heterocycles. The Balaban J connectivity index is 2.61. The molecule has 1 saturated heterocycles. The lowest BCUT2D eigenvalue weighted by Crippen LogP contribution is -2.71. The minimum atomic E-state index is -2.10. The van der Waals surface area contributed by atoms with Gasteiger partial charge in [-0.2, -0.15) is 0 Å². The van der Waals surface area contributed by atoms with Crippen LogP contribution in [0.3, 0.4) is 0 Å². The number of nitrogens with zero attached hydrogens (tertiary/aromatic N) is 1. The summed E-state index contributed by atoms with van der Waals surface area (Å²) in [6, 6.07) is 6.92. The Morgan fingerprint density at radius 2 is 1.66 bits per heavy atom. The van der Waals surface area contributed by atoms with Crippen LogP contribution in [0.25, 0.3) is 0 Å². The molecule has 2 unspecified atom stereocenters. The minimum absolute atomic E-state index is 0.0885. The predicted molar refractivity (Wildman–Crippen MR) is 140 cm³/mol. The average Bonchev–Trinajstić information content (AvgIpc) is 2.80. The van der Waals surface area contributed by atoms with E-state index in [4.69, 9.17) is 20.6 Å². The topological polar surface area (TPSA) is 169 Å². The lowest BCUT2D eigenvalue weighted by Gasteiger charge is -2.48. The first-order chi connectivity index (χ1) is 17.4. The molecule has 3 atom stereocenters. The van der Waals surface area contributed by atoms with Crippen LogP contribution < -0.4 is 11.1 Å². The largest absolute Gasteiger partial charge is 0.456 e. The van der Waals surface area contributed by atoms with Crippen LogP contribution in [0.5, 0.6) is 0 Å². The van der Waals surface area contributed by atoms with E-state index in [0.717, 1.165) is 4.90 Å². The van der Waals surface area contributed by atoms with Crippen molar-refractivity contribution in [1.82, 2.24) is 10.2 Å². The number of nitrogens with one attached hydrogen (secondary N) is 2. The van der Waals surface area contributed by atoms with Crippen LogP contribution in [0.1, 0.15) is 71.7 Å². The lowest BCUT2D eigenvalue weighted by atomic mass is 9.77. The van der Waals surface area contributed by atoms with Crippen molar-refractivity contribution in [2.45, 2.75) is 84.6 Å². The van der Waals surface area contributed by atoms with Crippen LogP contribution in [0.2, 0.25) is 0 Å². The van der Waals surface area contributed by atoms with Gasteiger partial charge in [-0.25, -0.2) is 9.59 Å². The smallest absolute Gasteiger partial charge is 0.413 e. The molecule has 0 spiro atoms. The van der Waals surface area contributed by atoms with Crippen molar-refractivity contribution in [2.75, 3.05) is 6.54 Å². The van der Waals surface area contributed by atoms with E-state index in [-0.39, 0.29) is 24.9 Å². The van der Waals surface area contributed by atoms with Crippen molar-refractivity contribution < 1.29 is 33.4 Å². The van der Waals surface area contributed by atoms with Crippen LogP contribution in [0.4, 0.5) is 4.79 Å². The fourth-order valence-corrected chi connectivity index (χ4v) is 4.06. The number of alkyl carbamates (subject to hydrolysis) is 1. The molecule has 1 heterocycles. The minimum Gasteiger partial charge on any atom is -0.456 e. The summed E-state index contributed by atoms with van der Waals surface area (Å²) in [6.07, 6.45) is -2.31. The van der Waals surface area contributed by atoms with Gasteiger partial charge in [0.15, 0.2) is 11.3 Å². The molecule has 2 amide bonds. The van der Waals surface area contributed by atoms with E-state index in [1.807, 2.05) is 0 Å². The van der Waals surface area contributed by atoms with Crippen LogP contribution in [0.15, 0.2) is 30.3 Å². The Morgan fingerprint density at radius 1 is 1.08 bits per heavy atom. The number of ether oxygens (including phenoxy) is 2. The number of Topliss-reactive ketones (excluding diaryl/α,β-unsaturated/α-hetero) is 2. The lowest BCUT2D eigenvalue weighted by molar-refractivity contribution is -0.164. The molecule has 208 valence electrons. The molecule has 1 aliphatic rings. The second-order valence-corrected chi connectivity index (χ2v) is 11.4. The predicted octanol–water partition coefficient (Wildman–Crippen LogP) is 2.61. The number of hydrogen-bond donors (Lipinski definition) is 3. The number of rotatable bonds is 6. The molecule has 1 fully saturated rings. The SMILES string of the molecule is C[C@@H](N)C(=O)N1CCC(OC(=O)C(=O)C(C)(C)C)CC1(C(=N)NC(=O)OC(C)(C)C)C(=O)c1ccccc1. The molecule has 1 aromatic rings. The van der Waals surface area contributed by atoms with Crippen LogP contribution >= 0.6 is 0 Å². The highest BCUT2D eigenvalue weighted by atomic mass is 16.6. The van der Waals surface area contributed by atoms with Gasteiger partial charge in [0, 0.05) is 30.4 Å². The first-order valence-electron chi connectivity index (χ1n) is 12.4. The van der Waals surface area contributed by atoms with Gasteiger partial charge in [0.2, 0.25) is 11.7 Å². The first kappa shape index (κ1) is 30.6. The fourth-order valence-electron chi connectivity index (χ4n) is 4.06. The van der Waals surface area contributed by atoms with Gasteiger partial charge in [-0.1, -0.05) is 51.1 Å². The standard InChI is InChI=1S/C27H38N4O7/c1-16(28)21(34)31-14-13-18(37-22(35)20(33)25(2,3)4)15-27(31,19(32)17-11-9-8-10-12-17)23(29)30-24(36)38-26(5,6)7/h8-12,16,18H,13-15,28H2,1-7H3,(H2,29,30,36)/t16-,18?,27?/m1/s1. The molecule has 0 saturated carbocycles. The van der Waals surface area contributed by atoms with Crippen LogP contribution in [0, 0.1) is 10.8 Å². The average molecular weight is 531 g/mol. The molecule has 0 bridgehead atoms. The van der Waals surface area contributed by atoms with Crippen LogP contribution in [-0.2, 0) is 23.9 Å². The van der Waals surface area contributed by atoms with Crippen LogP contribution in [-0.4, -0.2) is 70.1 Å². The van der Waals surface area contributed by atoms with Gasteiger partial charge in [-0.15, -0.1) is 0 Å². The summed E-state index contributed by atoms with van der Waals surface area (Å²) in [5.41, 5.74) is 2.06. The van der Waals surface area contributed by atoms with Crippen molar-refractivity contribution in [2.24, 2.45) is 11.1 Å². The highest BCUT2D eigenvalue weighted by Gasteiger charge is 2.56. The second-order valence-electron chi connectivity index (χ2n) is 11.4. The molecule has 2 rings (SSSR count). The van der Waals surface area contributed by atoms with Gasteiger partial charge < -0.3 is 20.1 Å². The molecule has 0 aliphatic carbocycles. The van der Waals surface area contributed by atoms with E-state index in [1.54, 1.807) is 59.7 Å². The number of nitrogens with two attached hydrogens (primary N) is 1. The second kappa shape index (κ2) is 11.4. The summed E-state index contributed by atoms with van der Waals surface area (Å²) in [6.45, 7) is 10.9. The maximum atomic E-state index is 14.1.